The molecule has 1 atom stereocenters. The van der Waals surface area contributed by atoms with Gasteiger partial charge in [0.25, 0.3) is 0 Å². The monoisotopic (exact) mass is 248 g/mol. The summed E-state index contributed by atoms with van der Waals surface area (Å²) in [5, 5.41) is 2.33. The van der Waals surface area contributed by atoms with Crippen molar-refractivity contribution in [2.45, 2.75) is 32.2 Å². The maximum absolute atomic E-state index is 6.10. The van der Waals surface area contributed by atoms with Crippen LogP contribution in [0.5, 0.6) is 5.75 Å². The smallest absolute Gasteiger partial charge is 0.137 e. The molecule has 1 aliphatic heterocycles. The number of rotatable bonds is 1. The molecule has 3 rings (SSSR count). The van der Waals surface area contributed by atoms with E-state index in [1.807, 2.05) is 19.1 Å². The van der Waals surface area contributed by atoms with Gasteiger partial charge in [0.15, 0.2) is 0 Å². The highest BCUT2D eigenvalue weighted by Gasteiger charge is 2.25. The lowest BCUT2D eigenvalue weighted by molar-refractivity contribution is 0.227. The maximum atomic E-state index is 6.10. The van der Waals surface area contributed by atoms with Gasteiger partial charge in [0.05, 0.1) is 5.50 Å². The van der Waals surface area contributed by atoms with E-state index >= 15 is 0 Å². The van der Waals surface area contributed by atoms with Crippen molar-refractivity contribution in [1.29, 1.82) is 0 Å². The second kappa shape index (κ2) is 4.16. The molecular weight excluding hydrogens is 231 g/mol. The molecule has 2 aromatic carbocycles. The van der Waals surface area contributed by atoms with Crippen molar-refractivity contribution >= 4 is 24.7 Å². The molecule has 0 aliphatic carbocycles. The quantitative estimate of drug-likeness (QED) is 0.685. The summed E-state index contributed by atoms with van der Waals surface area (Å²) in [6.45, 7) is 6.28. The van der Waals surface area contributed by atoms with E-state index in [0.717, 1.165) is 16.7 Å². The van der Waals surface area contributed by atoms with Crippen LogP contribution in [-0.2, 0) is 0 Å². The summed E-state index contributed by atoms with van der Waals surface area (Å²) in [4.78, 5) is 0. The zero-order valence-corrected chi connectivity index (χ0v) is 11.6. The number of hydrogen-bond acceptors (Lipinski definition) is 1. The Kier molecular flexibility index (Phi) is 2.70. The van der Waals surface area contributed by atoms with Gasteiger partial charge in [0.2, 0.25) is 0 Å². The molecule has 2 radical (unpaired) electrons. The van der Waals surface area contributed by atoms with Crippen molar-refractivity contribution in [3.63, 3.8) is 0 Å². The number of fused-ring (bicyclic) bond motifs is 3. The molecule has 0 bridgehead atoms. The Morgan fingerprint density at radius 1 is 1.21 bits per heavy atom. The van der Waals surface area contributed by atoms with E-state index in [1.54, 1.807) is 0 Å². The lowest BCUT2D eigenvalue weighted by Gasteiger charge is -2.31. The van der Waals surface area contributed by atoms with E-state index in [-0.39, 0.29) is 0 Å². The molecule has 0 N–H and O–H groups in total. The molecule has 0 fully saturated rings. The van der Waals surface area contributed by atoms with Crippen LogP contribution < -0.4 is 4.74 Å². The predicted molar refractivity (Wildman–Crippen MR) is 81.9 cm³/mol. The Bertz CT molecular complexity index is 668. The number of hydrogen-bond donors (Lipinski definition) is 0. The van der Waals surface area contributed by atoms with Gasteiger partial charge in [-0.3, -0.25) is 0 Å². The lowest BCUT2D eigenvalue weighted by Crippen LogP contribution is -2.32. The van der Waals surface area contributed by atoms with Gasteiger partial charge in [-0.1, -0.05) is 56.3 Å². The van der Waals surface area contributed by atoms with Gasteiger partial charge in [0.1, 0.15) is 13.6 Å². The third-order valence-corrected chi connectivity index (χ3v) is 3.60. The fourth-order valence-corrected chi connectivity index (χ4v) is 2.61. The molecule has 1 nitrogen and oxygen atoms in total. The number of ether oxygens (including phenoxy) is 1. The zero-order valence-electron chi connectivity index (χ0n) is 11.6. The largest absolute Gasteiger partial charge is 0.492 e. The van der Waals surface area contributed by atoms with Crippen LogP contribution >= 0.6 is 0 Å². The molecular formula is C17H17BO. The van der Waals surface area contributed by atoms with Gasteiger partial charge in [-0.05, 0) is 23.8 Å². The standard InChI is InChI=1S/C17H17BO/c1-11(2)15-10-12-6-4-5-7-13(12)16-14(15)8-9-17(3,18)19-16/h4-11H,1-3H3. The van der Waals surface area contributed by atoms with Crippen LogP contribution in [0.2, 0.25) is 0 Å². The summed E-state index contributed by atoms with van der Waals surface area (Å²) in [5.74, 6) is 1.36. The summed E-state index contributed by atoms with van der Waals surface area (Å²) < 4.78 is 6.01. The Morgan fingerprint density at radius 2 is 1.95 bits per heavy atom. The van der Waals surface area contributed by atoms with Gasteiger partial charge >= 0.3 is 0 Å². The third-order valence-electron chi connectivity index (χ3n) is 3.60. The van der Waals surface area contributed by atoms with Crippen LogP contribution in [0.25, 0.3) is 16.8 Å². The van der Waals surface area contributed by atoms with Gasteiger partial charge in [-0.2, -0.15) is 0 Å². The highest BCUT2D eigenvalue weighted by atomic mass is 16.5. The van der Waals surface area contributed by atoms with Gasteiger partial charge < -0.3 is 4.74 Å². The van der Waals surface area contributed by atoms with Crippen molar-refractivity contribution in [2.24, 2.45) is 0 Å². The van der Waals surface area contributed by atoms with Gasteiger partial charge in [0, 0.05) is 10.9 Å². The molecule has 1 aliphatic rings. The Hall–Kier alpha value is -1.70. The molecule has 1 unspecified atom stereocenters. The van der Waals surface area contributed by atoms with Crippen LogP contribution in [0.4, 0.5) is 0 Å². The minimum absolute atomic E-state index is 0.453. The van der Waals surface area contributed by atoms with E-state index in [9.17, 15) is 0 Å². The Balaban J connectivity index is 2.36. The molecule has 1 heterocycles. The normalized spacial score (nSPS) is 21.5. The van der Waals surface area contributed by atoms with E-state index < -0.39 is 5.50 Å². The third kappa shape index (κ3) is 2.05. The minimum Gasteiger partial charge on any atom is -0.492 e. The molecule has 94 valence electrons. The first-order chi connectivity index (χ1) is 8.98. The van der Waals surface area contributed by atoms with Crippen LogP contribution in [0.1, 0.15) is 37.8 Å². The van der Waals surface area contributed by atoms with Gasteiger partial charge in [-0.25, -0.2) is 0 Å². The number of benzene rings is 2. The summed E-state index contributed by atoms with van der Waals surface area (Å²) in [6.07, 6.45) is 4.02. The van der Waals surface area contributed by atoms with Crippen molar-refractivity contribution < 1.29 is 4.74 Å². The molecule has 2 aromatic rings. The summed E-state index contributed by atoms with van der Waals surface area (Å²) in [7, 11) is 6.10. The van der Waals surface area contributed by atoms with Crippen LogP contribution in [0.3, 0.4) is 0 Å². The second-order valence-electron chi connectivity index (χ2n) is 5.70. The fourth-order valence-electron chi connectivity index (χ4n) is 2.61. The fraction of sp³-hybridized carbons (Fsp3) is 0.294. The minimum atomic E-state index is -0.731. The molecule has 2 heteroatoms. The summed E-state index contributed by atoms with van der Waals surface area (Å²) in [5.41, 5.74) is 1.74. The molecule has 19 heavy (non-hydrogen) atoms. The topological polar surface area (TPSA) is 9.23 Å². The second-order valence-corrected chi connectivity index (χ2v) is 5.70. The van der Waals surface area contributed by atoms with E-state index in [2.05, 4.69) is 44.2 Å². The van der Waals surface area contributed by atoms with E-state index in [0.29, 0.717) is 5.92 Å². The molecule has 0 amide bonds. The first kappa shape index (κ1) is 12.3. The molecule has 0 aromatic heterocycles. The lowest BCUT2D eigenvalue weighted by atomic mass is 9.79. The van der Waals surface area contributed by atoms with Crippen molar-refractivity contribution in [3.8, 4) is 5.75 Å². The highest BCUT2D eigenvalue weighted by Crippen LogP contribution is 2.41. The molecule has 0 saturated heterocycles. The van der Waals surface area contributed by atoms with E-state index in [4.69, 9.17) is 12.6 Å². The first-order valence-electron chi connectivity index (χ1n) is 6.71. The summed E-state index contributed by atoms with van der Waals surface area (Å²) in [6, 6.07) is 10.6. The highest BCUT2D eigenvalue weighted by molar-refractivity contribution is 6.17. The Labute approximate surface area is 115 Å². The van der Waals surface area contributed by atoms with Crippen LogP contribution in [-0.4, -0.2) is 13.3 Å². The summed E-state index contributed by atoms with van der Waals surface area (Å²) >= 11 is 0. The zero-order chi connectivity index (χ0) is 13.6. The maximum Gasteiger partial charge on any atom is 0.137 e. The first-order valence-corrected chi connectivity index (χ1v) is 6.71. The van der Waals surface area contributed by atoms with E-state index in [1.165, 1.54) is 10.9 Å². The predicted octanol–water partition coefficient (Wildman–Crippen LogP) is 4.25. The average molecular weight is 248 g/mol. The average Bonchev–Trinajstić information content (AvgIpc) is 2.36. The van der Waals surface area contributed by atoms with Crippen molar-refractivity contribution in [1.82, 2.24) is 0 Å². The van der Waals surface area contributed by atoms with Crippen molar-refractivity contribution in [3.05, 3.63) is 47.5 Å². The Morgan fingerprint density at radius 3 is 2.68 bits per heavy atom. The van der Waals surface area contributed by atoms with Gasteiger partial charge in [-0.15, -0.1) is 0 Å². The molecule has 0 spiro atoms. The van der Waals surface area contributed by atoms with Crippen LogP contribution in [0, 0.1) is 0 Å². The van der Waals surface area contributed by atoms with Crippen LogP contribution in [0.15, 0.2) is 36.4 Å². The van der Waals surface area contributed by atoms with Crippen molar-refractivity contribution in [2.75, 3.05) is 0 Å². The SMILES string of the molecule is [B]C1(C)C=Cc2c(C(C)C)cc3ccccc3c2O1. The molecule has 0 saturated carbocycles.